The van der Waals surface area contributed by atoms with E-state index in [0.717, 1.165) is 23.5 Å². The molecule has 0 aromatic heterocycles. The standard InChI is InChI=1S/C17H18N2O7S/c1-25-17(20)13-18(11-12-26-14-7-3-2-4-8-14)27(23,24)16-10-6-5-9-15(16)19(21)22/h2-10H,11-13H2,1H3. The summed E-state index contributed by atoms with van der Waals surface area (Å²) in [6, 6.07) is 13.6. The van der Waals surface area contributed by atoms with Crippen LogP contribution in [-0.4, -0.2) is 50.4 Å². The van der Waals surface area contributed by atoms with Gasteiger partial charge in [-0.05, 0) is 18.2 Å². The maximum atomic E-state index is 12.9. The molecule has 0 amide bonds. The smallest absolute Gasteiger partial charge is 0.321 e. The highest BCUT2D eigenvalue weighted by atomic mass is 32.2. The Labute approximate surface area is 156 Å². The number of ether oxygens (including phenoxy) is 2. The van der Waals surface area contributed by atoms with Crippen LogP contribution in [0, 0.1) is 10.1 Å². The number of carbonyl (C=O) groups excluding carboxylic acids is 1. The van der Waals surface area contributed by atoms with Crippen molar-refractivity contribution in [3.05, 3.63) is 64.7 Å². The first-order valence-corrected chi connectivity index (χ1v) is 9.28. The molecule has 0 spiro atoms. The van der Waals surface area contributed by atoms with Crippen molar-refractivity contribution in [1.82, 2.24) is 4.31 Å². The maximum Gasteiger partial charge on any atom is 0.321 e. The summed E-state index contributed by atoms with van der Waals surface area (Å²) in [4.78, 5) is 21.5. The van der Waals surface area contributed by atoms with Crippen LogP contribution in [0.3, 0.4) is 0 Å². The molecule has 0 saturated carbocycles. The molecule has 0 aliphatic carbocycles. The fraction of sp³-hybridized carbons (Fsp3) is 0.235. The van der Waals surface area contributed by atoms with Crippen molar-refractivity contribution in [3.63, 3.8) is 0 Å². The Balaban J connectivity index is 2.26. The van der Waals surface area contributed by atoms with E-state index in [-0.39, 0.29) is 13.2 Å². The van der Waals surface area contributed by atoms with Crippen molar-refractivity contribution in [2.75, 3.05) is 26.8 Å². The summed E-state index contributed by atoms with van der Waals surface area (Å²) in [7, 11) is -3.20. The van der Waals surface area contributed by atoms with Gasteiger partial charge in [0.25, 0.3) is 15.7 Å². The minimum atomic E-state index is -4.33. The Hall–Kier alpha value is -2.98. The fourth-order valence-corrected chi connectivity index (χ4v) is 3.77. The lowest BCUT2D eigenvalue weighted by Crippen LogP contribution is -2.39. The summed E-state index contributed by atoms with van der Waals surface area (Å²) in [5, 5.41) is 11.2. The predicted molar refractivity (Wildman–Crippen MR) is 95.8 cm³/mol. The van der Waals surface area contributed by atoms with Crippen molar-refractivity contribution in [1.29, 1.82) is 0 Å². The number of nitro groups is 1. The van der Waals surface area contributed by atoms with E-state index in [4.69, 9.17) is 4.74 Å². The molecule has 0 heterocycles. The van der Waals surface area contributed by atoms with Crippen molar-refractivity contribution < 1.29 is 27.6 Å². The van der Waals surface area contributed by atoms with Gasteiger partial charge in [-0.3, -0.25) is 14.9 Å². The van der Waals surface area contributed by atoms with Crippen LogP contribution in [0.5, 0.6) is 5.75 Å². The molecular weight excluding hydrogens is 376 g/mol. The molecule has 0 radical (unpaired) electrons. The SMILES string of the molecule is COC(=O)CN(CCOc1ccccc1)S(=O)(=O)c1ccccc1[N+](=O)[O-]. The Morgan fingerprint density at radius 2 is 1.74 bits per heavy atom. The van der Waals surface area contributed by atoms with Crippen LogP contribution in [0.1, 0.15) is 0 Å². The summed E-state index contributed by atoms with van der Waals surface area (Å²) in [5.74, 6) is -0.268. The van der Waals surface area contributed by atoms with Crippen LogP contribution in [0.4, 0.5) is 5.69 Å². The molecule has 0 aliphatic rings. The zero-order valence-electron chi connectivity index (χ0n) is 14.5. The molecule has 2 rings (SSSR count). The van der Waals surface area contributed by atoms with Crippen LogP contribution in [0.15, 0.2) is 59.5 Å². The summed E-state index contributed by atoms with van der Waals surface area (Å²) < 4.78 is 36.6. The molecule has 0 atom stereocenters. The molecule has 0 fully saturated rings. The van der Waals surface area contributed by atoms with Gasteiger partial charge in [0.2, 0.25) is 0 Å². The second kappa shape index (κ2) is 9.10. The number of hydrogen-bond acceptors (Lipinski definition) is 7. The summed E-state index contributed by atoms with van der Waals surface area (Å²) >= 11 is 0. The van der Waals surface area contributed by atoms with Gasteiger partial charge in [-0.2, -0.15) is 4.31 Å². The summed E-state index contributed by atoms with van der Waals surface area (Å²) in [6.07, 6.45) is 0. The van der Waals surface area contributed by atoms with Crippen molar-refractivity contribution in [3.8, 4) is 5.75 Å². The van der Waals surface area contributed by atoms with Gasteiger partial charge in [0.1, 0.15) is 18.9 Å². The maximum absolute atomic E-state index is 12.9. The van der Waals surface area contributed by atoms with Crippen LogP contribution in [0.25, 0.3) is 0 Å². The molecule has 0 aliphatic heterocycles. The first-order valence-electron chi connectivity index (χ1n) is 7.84. The fourth-order valence-electron chi connectivity index (χ4n) is 2.24. The first-order chi connectivity index (χ1) is 12.9. The molecule has 0 bridgehead atoms. The van der Waals surface area contributed by atoms with Gasteiger partial charge in [-0.1, -0.05) is 30.3 Å². The molecule has 144 valence electrons. The molecule has 0 saturated heterocycles. The number of para-hydroxylation sites is 2. The summed E-state index contributed by atoms with van der Waals surface area (Å²) in [6.45, 7) is -0.845. The largest absolute Gasteiger partial charge is 0.492 e. The van der Waals surface area contributed by atoms with Crippen molar-refractivity contribution in [2.24, 2.45) is 0 Å². The normalized spacial score (nSPS) is 11.2. The minimum Gasteiger partial charge on any atom is -0.492 e. The highest BCUT2D eigenvalue weighted by Crippen LogP contribution is 2.26. The van der Waals surface area contributed by atoms with Gasteiger partial charge in [-0.25, -0.2) is 8.42 Å². The van der Waals surface area contributed by atoms with E-state index in [1.807, 2.05) is 0 Å². The van der Waals surface area contributed by atoms with Gasteiger partial charge < -0.3 is 9.47 Å². The number of nitrogens with zero attached hydrogens (tertiary/aromatic N) is 2. The molecule has 10 heteroatoms. The zero-order chi connectivity index (χ0) is 19.9. The third-order valence-corrected chi connectivity index (χ3v) is 5.46. The molecule has 9 nitrogen and oxygen atoms in total. The van der Waals surface area contributed by atoms with E-state index in [0.29, 0.717) is 5.75 Å². The predicted octanol–water partition coefficient (Wildman–Crippen LogP) is 1.84. The summed E-state index contributed by atoms with van der Waals surface area (Å²) in [5.41, 5.74) is -0.573. The van der Waals surface area contributed by atoms with E-state index in [1.54, 1.807) is 30.3 Å². The van der Waals surface area contributed by atoms with E-state index >= 15 is 0 Å². The average Bonchev–Trinajstić information content (AvgIpc) is 2.67. The first kappa shape index (κ1) is 20.3. The minimum absolute atomic E-state index is 0.0547. The monoisotopic (exact) mass is 394 g/mol. The molecule has 2 aromatic rings. The Morgan fingerprint density at radius 3 is 2.37 bits per heavy atom. The topological polar surface area (TPSA) is 116 Å². The van der Waals surface area contributed by atoms with Crippen molar-refractivity contribution in [2.45, 2.75) is 4.90 Å². The van der Waals surface area contributed by atoms with Gasteiger partial charge in [-0.15, -0.1) is 0 Å². The number of nitro benzene ring substituents is 1. The Bertz CT molecular complexity index is 901. The quantitative estimate of drug-likeness (QED) is 0.362. The van der Waals surface area contributed by atoms with Gasteiger partial charge in [0, 0.05) is 12.6 Å². The van der Waals surface area contributed by atoms with Gasteiger partial charge in [0.05, 0.1) is 12.0 Å². The number of methoxy groups -OCH3 is 1. The van der Waals surface area contributed by atoms with Crippen LogP contribution in [0.2, 0.25) is 0 Å². The highest BCUT2D eigenvalue weighted by Gasteiger charge is 2.32. The third-order valence-electron chi connectivity index (χ3n) is 3.57. The molecule has 2 aromatic carbocycles. The lowest BCUT2D eigenvalue weighted by molar-refractivity contribution is -0.387. The molecule has 0 N–H and O–H groups in total. The second-order valence-corrected chi connectivity index (χ2v) is 7.21. The van der Waals surface area contributed by atoms with Crippen LogP contribution < -0.4 is 4.74 Å². The van der Waals surface area contributed by atoms with Gasteiger partial charge >= 0.3 is 5.97 Å². The van der Waals surface area contributed by atoms with E-state index in [2.05, 4.69) is 4.74 Å². The zero-order valence-corrected chi connectivity index (χ0v) is 15.3. The van der Waals surface area contributed by atoms with Gasteiger partial charge in [0.15, 0.2) is 4.90 Å². The number of esters is 1. The second-order valence-electron chi connectivity index (χ2n) is 5.30. The van der Waals surface area contributed by atoms with Crippen LogP contribution in [-0.2, 0) is 19.6 Å². The third kappa shape index (κ3) is 5.25. The average molecular weight is 394 g/mol. The number of benzene rings is 2. The Kier molecular flexibility index (Phi) is 6.85. The number of carbonyl (C=O) groups is 1. The van der Waals surface area contributed by atoms with Crippen molar-refractivity contribution >= 4 is 21.7 Å². The number of sulfonamides is 1. The highest BCUT2D eigenvalue weighted by molar-refractivity contribution is 7.89. The molecule has 27 heavy (non-hydrogen) atoms. The van der Waals surface area contributed by atoms with E-state index in [9.17, 15) is 23.3 Å². The Morgan fingerprint density at radius 1 is 1.11 bits per heavy atom. The lowest BCUT2D eigenvalue weighted by Gasteiger charge is -2.21. The molecule has 0 unspecified atom stereocenters. The van der Waals surface area contributed by atoms with Crippen LogP contribution >= 0.6 is 0 Å². The number of hydrogen-bond donors (Lipinski definition) is 0. The molecular formula is C17H18N2O7S. The van der Waals surface area contributed by atoms with E-state index < -0.39 is 38.0 Å². The number of rotatable bonds is 9. The van der Waals surface area contributed by atoms with E-state index in [1.165, 1.54) is 12.1 Å². The lowest BCUT2D eigenvalue weighted by atomic mass is 10.3.